The molecule has 3 aromatic rings. The molecule has 0 radical (unpaired) electrons. The van der Waals surface area contributed by atoms with E-state index in [0.717, 1.165) is 46.7 Å². The lowest BCUT2D eigenvalue weighted by Crippen LogP contribution is -1.99. The monoisotopic (exact) mass is 336 g/mol. The number of hydrogen-bond acceptors (Lipinski definition) is 5. The van der Waals surface area contributed by atoms with Crippen molar-refractivity contribution in [1.29, 1.82) is 0 Å². The summed E-state index contributed by atoms with van der Waals surface area (Å²) in [4.78, 5) is 13.7. The minimum absolute atomic E-state index is 0.523. The lowest BCUT2D eigenvalue weighted by Gasteiger charge is -2.06. The molecule has 130 valence electrons. The van der Waals surface area contributed by atoms with Gasteiger partial charge in [-0.05, 0) is 56.9 Å². The molecule has 0 spiro atoms. The average Bonchev–Trinajstić information content (AvgIpc) is 3.03. The molecule has 0 saturated heterocycles. The summed E-state index contributed by atoms with van der Waals surface area (Å²) in [6.45, 7) is 10.4. The smallest absolute Gasteiger partial charge is 0.258 e. The van der Waals surface area contributed by atoms with Crippen molar-refractivity contribution >= 4 is 0 Å². The second-order valence-corrected chi connectivity index (χ2v) is 6.85. The van der Waals surface area contributed by atoms with Crippen LogP contribution in [0.1, 0.15) is 43.5 Å². The van der Waals surface area contributed by atoms with E-state index in [4.69, 9.17) is 4.52 Å². The van der Waals surface area contributed by atoms with E-state index in [2.05, 4.69) is 46.9 Å². The molecule has 0 bridgehead atoms. The van der Waals surface area contributed by atoms with Gasteiger partial charge < -0.3 is 4.52 Å². The van der Waals surface area contributed by atoms with Gasteiger partial charge in [0, 0.05) is 33.9 Å². The Morgan fingerprint density at radius 1 is 0.880 bits per heavy atom. The first-order valence-electron chi connectivity index (χ1n) is 8.74. The van der Waals surface area contributed by atoms with E-state index in [1.54, 1.807) is 0 Å². The fraction of sp³-hybridized carbons (Fsp3) is 0.400. The average molecular weight is 336 g/mol. The Kier molecular flexibility index (Phi) is 4.93. The Morgan fingerprint density at radius 2 is 1.52 bits per heavy atom. The summed E-state index contributed by atoms with van der Waals surface area (Å²) in [5.41, 5.74) is 5.86. The summed E-state index contributed by atoms with van der Waals surface area (Å²) in [6.07, 6.45) is 1.81. The molecule has 3 heterocycles. The van der Waals surface area contributed by atoms with E-state index in [1.165, 1.54) is 0 Å². The van der Waals surface area contributed by atoms with Gasteiger partial charge in [0.05, 0.1) is 0 Å². The Bertz CT molecular complexity index is 883. The maximum Gasteiger partial charge on any atom is 0.258 e. The van der Waals surface area contributed by atoms with Crippen molar-refractivity contribution in [3.05, 3.63) is 47.0 Å². The SMILES string of the molecule is CCc1cc(-c2nc(-c3cc(C)nc(CC(C)C)c3)no2)cc(C)n1. The van der Waals surface area contributed by atoms with E-state index >= 15 is 0 Å². The van der Waals surface area contributed by atoms with Gasteiger partial charge in [-0.2, -0.15) is 4.98 Å². The Labute approximate surface area is 148 Å². The number of hydrogen-bond donors (Lipinski definition) is 0. The van der Waals surface area contributed by atoms with Crippen LogP contribution in [0.5, 0.6) is 0 Å². The lowest BCUT2D eigenvalue weighted by molar-refractivity contribution is 0.432. The fourth-order valence-electron chi connectivity index (χ4n) is 2.89. The molecular formula is C20H24N4O. The van der Waals surface area contributed by atoms with Crippen molar-refractivity contribution in [2.24, 2.45) is 5.92 Å². The van der Waals surface area contributed by atoms with Crippen LogP contribution in [0.3, 0.4) is 0 Å². The molecule has 0 unspecified atom stereocenters. The van der Waals surface area contributed by atoms with Gasteiger partial charge in [0.2, 0.25) is 5.82 Å². The number of nitrogens with zero attached hydrogens (tertiary/aromatic N) is 4. The third kappa shape index (κ3) is 4.10. The number of pyridine rings is 2. The van der Waals surface area contributed by atoms with Gasteiger partial charge in [-0.1, -0.05) is 25.9 Å². The summed E-state index contributed by atoms with van der Waals surface area (Å²) in [5, 5.41) is 4.18. The molecule has 5 heteroatoms. The zero-order valence-corrected chi connectivity index (χ0v) is 15.5. The highest BCUT2D eigenvalue weighted by Gasteiger charge is 2.14. The van der Waals surface area contributed by atoms with E-state index in [1.807, 2.05) is 32.0 Å². The third-order valence-electron chi connectivity index (χ3n) is 3.92. The molecule has 0 aliphatic rings. The summed E-state index contributed by atoms with van der Waals surface area (Å²) < 4.78 is 5.51. The van der Waals surface area contributed by atoms with Crippen LogP contribution in [0.2, 0.25) is 0 Å². The maximum absolute atomic E-state index is 5.51. The predicted octanol–water partition coefficient (Wildman–Crippen LogP) is 4.57. The van der Waals surface area contributed by atoms with Gasteiger partial charge in [-0.3, -0.25) is 9.97 Å². The zero-order valence-electron chi connectivity index (χ0n) is 15.5. The summed E-state index contributed by atoms with van der Waals surface area (Å²) >= 11 is 0. The fourth-order valence-corrected chi connectivity index (χ4v) is 2.89. The zero-order chi connectivity index (χ0) is 18.0. The van der Waals surface area contributed by atoms with E-state index < -0.39 is 0 Å². The van der Waals surface area contributed by atoms with Gasteiger partial charge in [-0.25, -0.2) is 0 Å². The molecule has 0 aliphatic heterocycles. The first-order chi connectivity index (χ1) is 11.9. The van der Waals surface area contributed by atoms with Crippen molar-refractivity contribution in [2.75, 3.05) is 0 Å². The third-order valence-corrected chi connectivity index (χ3v) is 3.92. The quantitative estimate of drug-likeness (QED) is 0.683. The highest BCUT2D eigenvalue weighted by molar-refractivity contribution is 5.60. The first kappa shape index (κ1) is 17.3. The van der Waals surface area contributed by atoms with Crippen LogP contribution < -0.4 is 0 Å². The lowest BCUT2D eigenvalue weighted by atomic mass is 10.1. The van der Waals surface area contributed by atoms with Gasteiger partial charge >= 0.3 is 0 Å². The van der Waals surface area contributed by atoms with Crippen LogP contribution in [0.15, 0.2) is 28.8 Å². The minimum atomic E-state index is 0.523. The molecule has 0 atom stereocenters. The largest absolute Gasteiger partial charge is 0.334 e. The molecule has 0 N–H and O–H groups in total. The number of aromatic nitrogens is 4. The van der Waals surface area contributed by atoms with Gasteiger partial charge in [0.15, 0.2) is 0 Å². The van der Waals surface area contributed by atoms with Crippen molar-refractivity contribution in [1.82, 2.24) is 20.1 Å². The highest BCUT2D eigenvalue weighted by Crippen LogP contribution is 2.24. The van der Waals surface area contributed by atoms with E-state index in [0.29, 0.717) is 17.6 Å². The first-order valence-corrected chi connectivity index (χ1v) is 8.74. The van der Waals surface area contributed by atoms with Crippen LogP contribution in [0.4, 0.5) is 0 Å². The Hall–Kier alpha value is -2.56. The Balaban J connectivity index is 1.96. The molecule has 5 nitrogen and oxygen atoms in total. The van der Waals surface area contributed by atoms with Crippen molar-refractivity contribution < 1.29 is 4.52 Å². The van der Waals surface area contributed by atoms with Crippen LogP contribution >= 0.6 is 0 Å². The molecule has 0 aliphatic carbocycles. The Morgan fingerprint density at radius 3 is 2.20 bits per heavy atom. The van der Waals surface area contributed by atoms with E-state index in [-0.39, 0.29) is 0 Å². The van der Waals surface area contributed by atoms with Crippen molar-refractivity contribution in [2.45, 2.75) is 47.5 Å². The second-order valence-electron chi connectivity index (χ2n) is 6.85. The molecule has 0 saturated carbocycles. The van der Waals surface area contributed by atoms with Crippen LogP contribution in [0, 0.1) is 19.8 Å². The summed E-state index contributed by atoms with van der Waals surface area (Å²) in [7, 11) is 0. The maximum atomic E-state index is 5.51. The summed E-state index contributed by atoms with van der Waals surface area (Å²) in [5.74, 6) is 1.67. The molecular weight excluding hydrogens is 312 g/mol. The molecule has 0 amide bonds. The van der Waals surface area contributed by atoms with Gasteiger partial charge in [0.1, 0.15) is 0 Å². The van der Waals surface area contributed by atoms with E-state index in [9.17, 15) is 0 Å². The highest BCUT2D eigenvalue weighted by atomic mass is 16.5. The van der Waals surface area contributed by atoms with Gasteiger partial charge in [-0.15, -0.1) is 0 Å². The molecule has 25 heavy (non-hydrogen) atoms. The van der Waals surface area contributed by atoms with Crippen LogP contribution in [0.25, 0.3) is 22.8 Å². The molecule has 3 aromatic heterocycles. The van der Waals surface area contributed by atoms with Gasteiger partial charge in [0.25, 0.3) is 5.89 Å². The van der Waals surface area contributed by atoms with Crippen LogP contribution in [-0.4, -0.2) is 20.1 Å². The number of rotatable bonds is 5. The minimum Gasteiger partial charge on any atom is -0.334 e. The standard InChI is InChI=1S/C20H24N4O/c1-6-17-11-16(9-14(5)21-17)20-23-19(24-25-20)15-8-13(4)22-18(10-15)7-12(2)3/h8-12H,6-7H2,1-5H3. The van der Waals surface area contributed by atoms with Crippen molar-refractivity contribution in [3.8, 4) is 22.8 Å². The molecule has 0 fully saturated rings. The predicted molar refractivity (Wildman–Crippen MR) is 98.2 cm³/mol. The summed E-state index contributed by atoms with van der Waals surface area (Å²) in [6, 6.07) is 8.02. The van der Waals surface area contributed by atoms with Crippen LogP contribution in [-0.2, 0) is 12.8 Å². The second kappa shape index (κ2) is 7.13. The number of aryl methyl sites for hydroxylation is 3. The van der Waals surface area contributed by atoms with Crippen molar-refractivity contribution in [3.63, 3.8) is 0 Å². The molecule has 3 rings (SSSR count). The topological polar surface area (TPSA) is 64.7 Å². The molecule has 0 aromatic carbocycles. The normalized spacial score (nSPS) is 11.3.